The van der Waals surface area contributed by atoms with Gasteiger partial charge in [0.1, 0.15) is 0 Å². The van der Waals surface area contributed by atoms with Crippen LogP contribution >= 0.6 is 0 Å². The maximum atomic E-state index is 12.3. The quantitative estimate of drug-likeness (QED) is 0.419. The van der Waals surface area contributed by atoms with E-state index < -0.39 is 38.0 Å². The molecule has 1 aromatic carbocycles. The molecule has 9 nitrogen and oxygen atoms in total. The van der Waals surface area contributed by atoms with Crippen molar-refractivity contribution in [1.29, 1.82) is 0 Å². The number of aryl methyl sites for hydroxylation is 1. The van der Waals surface area contributed by atoms with Gasteiger partial charge in [0.25, 0.3) is 0 Å². The van der Waals surface area contributed by atoms with Crippen LogP contribution in [0.5, 0.6) is 0 Å². The van der Waals surface area contributed by atoms with Crippen molar-refractivity contribution in [2.24, 2.45) is 0 Å². The topological polar surface area (TPSA) is 150 Å². The second-order valence-electron chi connectivity index (χ2n) is 5.89. The second-order valence-corrected chi connectivity index (χ2v) is 9.78. The number of carbonyl (C=O) groups is 1. The lowest BCUT2D eigenvalue weighted by Crippen LogP contribution is -2.42. The number of aromatic carboxylic acids is 1. The smallest absolute Gasteiger partial charge is 0.335 e. The summed E-state index contributed by atoms with van der Waals surface area (Å²) in [6.45, 7) is 1.63. The largest absolute Gasteiger partial charge is 0.478 e. The molecule has 0 aliphatic carbocycles. The molecule has 1 saturated heterocycles. The lowest BCUT2D eigenvalue weighted by Gasteiger charge is -2.15. The zero-order valence-electron chi connectivity index (χ0n) is 13.5. The van der Waals surface area contributed by atoms with E-state index in [1.807, 2.05) is 0 Å². The minimum absolute atomic E-state index is 0.0393. The Morgan fingerprint density at radius 1 is 1.28 bits per heavy atom. The fourth-order valence-electron chi connectivity index (χ4n) is 2.57. The molecule has 0 spiro atoms. The molecule has 2 atom stereocenters. The van der Waals surface area contributed by atoms with E-state index in [2.05, 4.69) is 10.0 Å². The van der Waals surface area contributed by atoms with Gasteiger partial charge in [0, 0.05) is 19.1 Å². The highest BCUT2D eigenvalue weighted by molar-refractivity contribution is 7.91. The van der Waals surface area contributed by atoms with E-state index >= 15 is 0 Å². The van der Waals surface area contributed by atoms with Crippen molar-refractivity contribution in [3.05, 3.63) is 29.3 Å². The van der Waals surface area contributed by atoms with Crippen LogP contribution in [0.15, 0.2) is 23.1 Å². The van der Waals surface area contributed by atoms with Crippen LogP contribution in [0.4, 0.5) is 0 Å². The van der Waals surface area contributed by atoms with E-state index in [-0.39, 0.29) is 35.1 Å². The van der Waals surface area contributed by atoms with Crippen LogP contribution in [-0.2, 0) is 19.9 Å². The Morgan fingerprint density at radius 3 is 2.52 bits per heavy atom. The predicted molar refractivity (Wildman–Crippen MR) is 89.8 cm³/mol. The summed E-state index contributed by atoms with van der Waals surface area (Å²) in [7, 11) is -7.19. The van der Waals surface area contributed by atoms with E-state index in [4.69, 9.17) is 5.11 Å². The Kier molecular flexibility index (Phi) is 5.84. The molecule has 1 aromatic rings. The average molecular weight is 392 g/mol. The Bertz CT molecular complexity index is 865. The number of benzene rings is 1. The fourth-order valence-corrected chi connectivity index (χ4v) is 5.64. The molecule has 0 amide bonds. The maximum absolute atomic E-state index is 12.3. The molecular weight excluding hydrogens is 372 g/mol. The van der Waals surface area contributed by atoms with Crippen LogP contribution in [0.25, 0.3) is 0 Å². The van der Waals surface area contributed by atoms with Gasteiger partial charge in [0.2, 0.25) is 10.0 Å². The molecular formula is C14H20N2O7S2. The van der Waals surface area contributed by atoms with Gasteiger partial charge in [-0.05, 0) is 24.6 Å². The molecule has 2 rings (SSSR count). The zero-order chi connectivity index (χ0) is 18.8. The third-order valence-electron chi connectivity index (χ3n) is 3.87. The normalized spacial score (nSPS) is 22.8. The molecule has 1 heterocycles. The summed E-state index contributed by atoms with van der Waals surface area (Å²) in [5, 5.41) is 21.4. The number of nitrogens with one attached hydrogen (secondary N) is 2. The fraction of sp³-hybridized carbons (Fsp3) is 0.500. The summed E-state index contributed by atoms with van der Waals surface area (Å²) in [6.07, 6.45) is -1.02. The Balaban J connectivity index is 1.96. The number of sulfonamides is 1. The molecule has 0 radical (unpaired) electrons. The number of sulfone groups is 1. The lowest BCUT2D eigenvalue weighted by molar-refractivity contribution is 0.0696. The van der Waals surface area contributed by atoms with Crippen molar-refractivity contribution in [2.45, 2.75) is 24.0 Å². The highest BCUT2D eigenvalue weighted by atomic mass is 32.2. The van der Waals surface area contributed by atoms with Crippen molar-refractivity contribution < 1.29 is 31.8 Å². The molecule has 25 heavy (non-hydrogen) atoms. The van der Waals surface area contributed by atoms with Crippen LogP contribution in [0.3, 0.4) is 0 Å². The van der Waals surface area contributed by atoms with E-state index in [1.165, 1.54) is 12.1 Å². The first-order valence-electron chi connectivity index (χ1n) is 7.47. The summed E-state index contributed by atoms with van der Waals surface area (Å²) in [4.78, 5) is 10.9. The number of rotatable bonds is 7. The molecule has 140 valence electrons. The van der Waals surface area contributed by atoms with Crippen molar-refractivity contribution in [2.75, 3.05) is 24.6 Å². The second kappa shape index (κ2) is 7.38. The Morgan fingerprint density at radius 2 is 1.96 bits per heavy atom. The molecule has 11 heteroatoms. The van der Waals surface area contributed by atoms with Crippen LogP contribution in [0.1, 0.15) is 15.9 Å². The van der Waals surface area contributed by atoms with E-state index in [0.29, 0.717) is 5.56 Å². The van der Waals surface area contributed by atoms with E-state index in [9.17, 15) is 26.7 Å². The van der Waals surface area contributed by atoms with Gasteiger partial charge < -0.3 is 15.5 Å². The first kappa shape index (κ1) is 19.8. The summed E-state index contributed by atoms with van der Waals surface area (Å²) in [5.74, 6) is -1.73. The molecule has 0 saturated carbocycles. The highest BCUT2D eigenvalue weighted by Gasteiger charge is 2.35. The third-order valence-corrected chi connectivity index (χ3v) is 7.19. The van der Waals surface area contributed by atoms with Crippen molar-refractivity contribution in [3.63, 3.8) is 0 Å². The van der Waals surface area contributed by atoms with E-state index in [0.717, 1.165) is 6.07 Å². The molecule has 1 aliphatic heterocycles. The minimum atomic E-state index is -3.91. The SMILES string of the molecule is Cc1ccc(C(=O)O)cc1S(=O)(=O)NCCN[C@@H]1CS(=O)(=O)C[C@H]1O. The molecule has 4 N–H and O–H groups in total. The maximum Gasteiger partial charge on any atom is 0.335 e. The van der Waals surface area contributed by atoms with Crippen LogP contribution < -0.4 is 10.0 Å². The zero-order valence-corrected chi connectivity index (χ0v) is 15.1. The van der Waals surface area contributed by atoms with Gasteiger partial charge in [-0.3, -0.25) is 0 Å². The first-order valence-corrected chi connectivity index (χ1v) is 10.8. The monoisotopic (exact) mass is 392 g/mol. The molecule has 1 fully saturated rings. The average Bonchev–Trinajstić information content (AvgIpc) is 2.76. The standard InChI is InChI=1S/C14H20N2O7S2/c1-9-2-3-10(14(18)19)6-13(9)25(22,23)16-5-4-15-11-7-24(20,21)8-12(11)17/h2-3,6,11-12,15-17H,4-5,7-8H2,1H3,(H,18,19)/t11-,12-/m1/s1. The van der Waals surface area contributed by atoms with Gasteiger partial charge in [0.15, 0.2) is 9.84 Å². The summed E-state index contributed by atoms with van der Waals surface area (Å²) >= 11 is 0. The Hall–Kier alpha value is -1.53. The minimum Gasteiger partial charge on any atom is -0.478 e. The molecule has 0 unspecified atom stereocenters. The number of aliphatic hydroxyl groups excluding tert-OH is 1. The lowest BCUT2D eigenvalue weighted by atomic mass is 10.1. The molecule has 1 aliphatic rings. The number of hydrogen-bond donors (Lipinski definition) is 4. The van der Waals surface area contributed by atoms with Gasteiger partial charge in [0.05, 0.1) is 28.1 Å². The van der Waals surface area contributed by atoms with Crippen molar-refractivity contribution >= 4 is 25.8 Å². The number of carboxylic acid groups (broad SMARTS) is 1. The number of carboxylic acids is 1. The summed E-state index contributed by atoms with van der Waals surface area (Å²) in [6, 6.07) is 3.18. The number of aliphatic hydroxyl groups is 1. The molecule has 0 bridgehead atoms. The highest BCUT2D eigenvalue weighted by Crippen LogP contribution is 2.17. The van der Waals surface area contributed by atoms with E-state index in [1.54, 1.807) is 6.92 Å². The molecule has 0 aromatic heterocycles. The van der Waals surface area contributed by atoms with Gasteiger partial charge in [-0.2, -0.15) is 0 Å². The van der Waals surface area contributed by atoms with Crippen molar-refractivity contribution in [1.82, 2.24) is 10.0 Å². The van der Waals surface area contributed by atoms with Crippen LogP contribution in [-0.4, -0.2) is 69.8 Å². The first-order chi connectivity index (χ1) is 11.5. The van der Waals surface area contributed by atoms with Gasteiger partial charge in [-0.25, -0.2) is 26.4 Å². The van der Waals surface area contributed by atoms with Crippen LogP contribution in [0.2, 0.25) is 0 Å². The van der Waals surface area contributed by atoms with Gasteiger partial charge in [-0.1, -0.05) is 6.07 Å². The Labute approximate surface area is 146 Å². The number of hydrogen-bond acceptors (Lipinski definition) is 7. The third kappa shape index (κ3) is 4.98. The van der Waals surface area contributed by atoms with Crippen LogP contribution in [0, 0.1) is 6.92 Å². The summed E-state index contributed by atoms with van der Waals surface area (Å²) < 4.78 is 49.7. The van der Waals surface area contributed by atoms with Gasteiger partial charge in [-0.15, -0.1) is 0 Å². The predicted octanol–water partition coefficient (Wildman–Crippen LogP) is -1.28. The van der Waals surface area contributed by atoms with Crippen molar-refractivity contribution in [3.8, 4) is 0 Å². The summed E-state index contributed by atoms with van der Waals surface area (Å²) in [5.41, 5.74) is 0.270. The van der Waals surface area contributed by atoms with Gasteiger partial charge >= 0.3 is 5.97 Å².